The fraction of sp³-hybridized carbons (Fsp3) is 0.375. The van der Waals surface area contributed by atoms with Gasteiger partial charge in [0.1, 0.15) is 0 Å². The summed E-state index contributed by atoms with van der Waals surface area (Å²) in [6, 6.07) is 0. The van der Waals surface area contributed by atoms with E-state index < -0.39 is 22.8 Å². The summed E-state index contributed by atoms with van der Waals surface area (Å²) in [4.78, 5) is 23.5. The van der Waals surface area contributed by atoms with Crippen LogP contribution in [0.5, 0.6) is 0 Å². The average molecular weight is 290 g/mol. The topological polar surface area (TPSA) is 80.3 Å². The van der Waals surface area contributed by atoms with Crippen LogP contribution in [-0.4, -0.2) is 11.9 Å². The number of carbonyl (C=O) groups is 2. The smallest absolute Gasteiger partial charge is 0.549 e. The predicted molar refractivity (Wildman–Crippen MR) is 74.1 cm³/mol. The van der Waals surface area contributed by atoms with E-state index in [0.29, 0.717) is 0 Å². The third-order valence-corrected chi connectivity index (χ3v) is 3.67. The first kappa shape index (κ1) is 26.0. The number of aliphatic carboxylic acids is 2. The molecule has 110 valence electrons. The van der Waals surface area contributed by atoms with Gasteiger partial charge in [-0.05, 0) is 25.7 Å². The number of allylic oxidation sites excluding steroid dienone is 4. The van der Waals surface area contributed by atoms with Gasteiger partial charge in [0.2, 0.25) is 0 Å². The van der Waals surface area contributed by atoms with E-state index in [0.717, 1.165) is 0 Å². The van der Waals surface area contributed by atoms with Crippen molar-refractivity contribution in [2.24, 2.45) is 10.8 Å². The summed E-state index contributed by atoms with van der Waals surface area (Å²) in [6.45, 7) is 14.1. The van der Waals surface area contributed by atoms with E-state index >= 15 is 0 Å². The van der Waals surface area contributed by atoms with Crippen molar-refractivity contribution >= 4 is 11.9 Å². The molecule has 0 bridgehead atoms. The molecule has 0 amide bonds. The van der Waals surface area contributed by atoms with Gasteiger partial charge in [0, 0.05) is 22.8 Å². The van der Waals surface area contributed by atoms with Crippen molar-refractivity contribution in [1.82, 2.24) is 0 Å². The zero-order valence-corrected chi connectivity index (χ0v) is 13.6. The summed E-state index contributed by atoms with van der Waals surface area (Å²) in [5, 5.41) is 23.5. The van der Waals surface area contributed by atoms with Crippen LogP contribution < -0.4 is 47.9 Å². The molecule has 0 aliphatic heterocycles. The van der Waals surface area contributed by atoms with Crippen LogP contribution in [0.1, 0.15) is 25.7 Å². The largest absolute Gasteiger partial charge is 1.00 e. The number of hydrogen-bond donors (Lipinski definition) is 0. The first-order valence-corrected chi connectivity index (χ1v) is 6.25. The molecule has 0 heterocycles. The van der Waals surface area contributed by atoms with Gasteiger partial charge in [0.15, 0.2) is 0 Å². The van der Waals surface area contributed by atoms with E-state index in [9.17, 15) is 19.8 Å². The fourth-order valence-corrected chi connectivity index (χ4v) is 2.66. The third-order valence-electron chi connectivity index (χ3n) is 3.67. The molecule has 0 N–H and O–H groups in total. The molecule has 6 heteroatoms. The molecule has 22 heavy (non-hydrogen) atoms. The number of rotatable bonds is 11. The quantitative estimate of drug-likeness (QED) is 0.281. The Morgan fingerprint density at radius 2 is 0.864 bits per heavy atom. The molecule has 0 aliphatic carbocycles. The second-order valence-corrected chi connectivity index (χ2v) is 4.71. The van der Waals surface area contributed by atoms with E-state index in [1.807, 2.05) is 0 Å². The Hall–Kier alpha value is -0.905. The minimum Gasteiger partial charge on any atom is -0.549 e. The van der Waals surface area contributed by atoms with E-state index in [2.05, 4.69) is 26.3 Å². The molecule has 0 fully saturated rings. The Morgan fingerprint density at radius 1 is 0.682 bits per heavy atom. The maximum atomic E-state index is 11.7. The zero-order chi connectivity index (χ0) is 15.8. The van der Waals surface area contributed by atoms with Crippen molar-refractivity contribution in [3.63, 3.8) is 0 Å². The molecule has 0 saturated carbocycles. The average Bonchev–Trinajstić information content (AvgIpc) is 2.37. The molecule has 0 aromatic rings. The molecule has 0 atom stereocenters. The van der Waals surface area contributed by atoms with Crippen LogP contribution in [0, 0.1) is 10.8 Å². The van der Waals surface area contributed by atoms with Crippen molar-refractivity contribution in [3.8, 4) is 0 Å². The van der Waals surface area contributed by atoms with Gasteiger partial charge in [-0.15, -0.1) is 26.3 Å². The van der Waals surface area contributed by atoms with Crippen LogP contribution in [-0.2, 0) is 9.59 Å². The van der Waals surface area contributed by atoms with E-state index in [4.69, 9.17) is 0 Å². The molecule has 0 aromatic carbocycles. The predicted octanol–water partition coefficient (Wildman–Crippen LogP) is -5.23. The van der Waals surface area contributed by atoms with Gasteiger partial charge >= 0.3 is 37.7 Å². The minimum absolute atomic E-state index is 0. The molecule has 0 aliphatic rings. The van der Waals surface area contributed by atoms with Crippen molar-refractivity contribution in [2.75, 3.05) is 0 Å². The van der Waals surface area contributed by atoms with Gasteiger partial charge in [-0.1, -0.05) is 24.3 Å². The number of carboxylic acids is 2. The normalized spacial score (nSPS) is 10.4. The number of carbonyl (C=O) groups excluding carboxylic acids is 2. The maximum Gasteiger partial charge on any atom is 1.00 e. The third kappa shape index (κ3) is 4.80. The molecule has 0 spiro atoms. The minimum atomic E-state index is -1.70. The Balaban J connectivity index is -0.00000180. The van der Waals surface area contributed by atoms with Crippen LogP contribution in [0.25, 0.3) is 0 Å². The Labute approximate surface area is 156 Å². The molecule has 0 radical (unpaired) electrons. The van der Waals surface area contributed by atoms with Crippen LogP contribution in [0.4, 0.5) is 0 Å². The van der Waals surface area contributed by atoms with E-state index in [-0.39, 0.29) is 63.4 Å². The van der Waals surface area contributed by atoms with Gasteiger partial charge < -0.3 is 19.8 Å². The summed E-state index contributed by atoms with van der Waals surface area (Å²) in [6.07, 6.45) is 5.17. The van der Waals surface area contributed by atoms with Crippen molar-refractivity contribution < 1.29 is 57.5 Å². The summed E-state index contributed by atoms with van der Waals surface area (Å²) in [5.41, 5.74) is -3.39. The van der Waals surface area contributed by atoms with Crippen LogP contribution in [0.3, 0.4) is 0 Å². The number of carboxylic acid groups (broad SMARTS) is 2. The van der Waals surface area contributed by atoms with Gasteiger partial charge in [0.25, 0.3) is 0 Å². The monoisotopic (exact) mass is 290 g/mol. The van der Waals surface area contributed by atoms with Crippen LogP contribution in [0.2, 0.25) is 0 Å². The second-order valence-electron chi connectivity index (χ2n) is 4.71. The van der Waals surface area contributed by atoms with Gasteiger partial charge in [0.05, 0.1) is 0 Å². The second kappa shape index (κ2) is 11.6. The van der Waals surface area contributed by atoms with Crippen molar-refractivity contribution in [1.29, 1.82) is 0 Å². The molecule has 0 aromatic heterocycles. The summed E-state index contributed by atoms with van der Waals surface area (Å²) in [7, 11) is 0. The molecular formula is C16H20Li2O4. The van der Waals surface area contributed by atoms with Gasteiger partial charge in [-0.2, -0.15) is 0 Å². The van der Waals surface area contributed by atoms with Crippen LogP contribution in [0.15, 0.2) is 50.6 Å². The summed E-state index contributed by atoms with van der Waals surface area (Å²) < 4.78 is 0. The fourth-order valence-electron chi connectivity index (χ4n) is 2.66. The molecule has 0 unspecified atom stereocenters. The summed E-state index contributed by atoms with van der Waals surface area (Å²) >= 11 is 0. The molecular weight excluding hydrogens is 270 g/mol. The Kier molecular flexibility index (Phi) is 13.8. The Morgan fingerprint density at radius 3 is 0.955 bits per heavy atom. The maximum absolute atomic E-state index is 11.7. The van der Waals surface area contributed by atoms with Gasteiger partial charge in [-0.25, -0.2) is 0 Å². The SMILES string of the molecule is C=CCC(CC=C)(C(=O)[O-])C(CC=C)(CC=C)C(=O)[O-].[Li+].[Li+]. The molecule has 0 rings (SSSR count). The first-order chi connectivity index (χ1) is 9.38. The van der Waals surface area contributed by atoms with E-state index in [1.165, 1.54) is 24.3 Å². The van der Waals surface area contributed by atoms with Crippen molar-refractivity contribution in [3.05, 3.63) is 50.6 Å². The molecule has 4 nitrogen and oxygen atoms in total. The standard InChI is InChI=1S/C16H22O4.2Li/c1-5-9-15(10-6-2,13(17)18)16(11-7-3,12-8-4)14(19)20;;/h5-8H,1-4,9-12H2,(H,17,18)(H,19,20);;/q;2*+1/p-2. The van der Waals surface area contributed by atoms with Crippen LogP contribution >= 0.6 is 0 Å². The number of hydrogen-bond acceptors (Lipinski definition) is 4. The first-order valence-electron chi connectivity index (χ1n) is 6.25. The van der Waals surface area contributed by atoms with Crippen molar-refractivity contribution in [2.45, 2.75) is 25.7 Å². The summed E-state index contributed by atoms with van der Waals surface area (Å²) in [5.74, 6) is -2.93. The van der Waals surface area contributed by atoms with Gasteiger partial charge in [-0.3, -0.25) is 0 Å². The Bertz CT molecular complexity index is 370. The zero-order valence-electron chi connectivity index (χ0n) is 13.6. The molecule has 0 saturated heterocycles. The van der Waals surface area contributed by atoms with E-state index in [1.54, 1.807) is 0 Å².